The van der Waals surface area contributed by atoms with Crippen LogP contribution in [0.1, 0.15) is 10.4 Å². The van der Waals surface area contributed by atoms with Crippen molar-refractivity contribution in [2.75, 3.05) is 13.2 Å². The molecule has 0 fully saturated rings. The molecular formula is C9H11ClN2O2. The highest BCUT2D eigenvalue weighted by molar-refractivity contribution is 6.30. The second kappa shape index (κ2) is 5.59. The fourth-order valence-corrected chi connectivity index (χ4v) is 0.962. The van der Waals surface area contributed by atoms with Crippen LogP contribution in [0.4, 0.5) is 0 Å². The van der Waals surface area contributed by atoms with Crippen molar-refractivity contribution in [2.45, 2.75) is 0 Å². The molecule has 4 nitrogen and oxygen atoms in total. The highest BCUT2D eigenvalue weighted by atomic mass is 35.5. The Labute approximate surface area is 86.9 Å². The van der Waals surface area contributed by atoms with Gasteiger partial charge in [0.25, 0.3) is 5.91 Å². The molecule has 1 aromatic carbocycles. The molecule has 0 radical (unpaired) electrons. The molecule has 1 amide bonds. The second-order valence-electron chi connectivity index (χ2n) is 2.58. The molecule has 1 aromatic rings. The quantitative estimate of drug-likeness (QED) is 0.580. The van der Waals surface area contributed by atoms with E-state index in [1.54, 1.807) is 24.3 Å². The first-order chi connectivity index (χ1) is 6.74. The lowest BCUT2D eigenvalue weighted by atomic mass is 10.2. The normalized spacial score (nSPS) is 9.86. The van der Waals surface area contributed by atoms with Gasteiger partial charge < -0.3 is 5.73 Å². The van der Waals surface area contributed by atoms with Crippen LogP contribution in [0.2, 0.25) is 5.02 Å². The molecule has 0 saturated heterocycles. The van der Waals surface area contributed by atoms with Gasteiger partial charge in [0, 0.05) is 17.1 Å². The fourth-order valence-electron chi connectivity index (χ4n) is 0.836. The van der Waals surface area contributed by atoms with Gasteiger partial charge in [-0.05, 0) is 24.3 Å². The lowest BCUT2D eigenvalue weighted by Gasteiger charge is -2.04. The fraction of sp³-hybridized carbons (Fsp3) is 0.222. The molecule has 1 rings (SSSR count). The van der Waals surface area contributed by atoms with Gasteiger partial charge in [0.1, 0.15) is 0 Å². The number of hydroxylamine groups is 1. The van der Waals surface area contributed by atoms with E-state index in [0.717, 1.165) is 0 Å². The largest absolute Gasteiger partial charge is 0.328 e. The lowest BCUT2D eigenvalue weighted by Crippen LogP contribution is -2.26. The van der Waals surface area contributed by atoms with E-state index in [9.17, 15) is 4.79 Å². The van der Waals surface area contributed by atoms with Crippen LogP contribution in [0.15, 0.2) is 24.3 Å². The topological polar surface area (TPSA) is 64.3 Å². The summed E-state index contributed by atoms with van der Waals surface area (Å²) < 4.78 is 0. The van der Waals surface area contributed by atoms with E-state index in [0.29, 0.717) is 23.7 Å². The molecule has 76 valence electrons. The average molecular weight is 215 g/mol. The van der Waals surface area contributed by atoms with Gasteiger partial charge in [0.05, 0.1) is 6.61 Å². The van der Waals surface area contributed by atoms with Crippen LogP contribution in [0, 0.1) is 0 Å². The molecular weight excluding hydrogens is 204 g/mol. The summed E-state index contributed by atoms with van der Waals surface area (Å²) in [7, 11) is 0. The zero-order valence-corrected chi connectivity index (χ0v) is 8.25. The minimum Gasteiger partial charge on any atom is -0.328 e. The summed E-state index contributed by atoms with van der Waals surface area (Å²) in [5.41, 5.74) is 7.93. The van der Waals surface area contributed by atoms with Crippen LogP contribution in [0.5, 0.6) is 0 Å². The van der Waals surface area contributed by atoms with E-state index < -0.39 is 0 Å². The smallest absolute Gasteiger partial charge is 0.274 e. The zero-order chi connectivity index (χ0) is 10.4. The Morgan fingerprint density at radius 2 is 2.07 bits per heavy atom. The van der Waals surface area contributed by atoms with Crippen LogP contribution < -0.4 is 11.2 Å². The molecule has 5 heteroatoms. The Morgan fingerprint density at radius 3 is 2.64 bits per heavy atom. The Balaban J connectivity index is 2.48. The summed E-state index contributed by atoms with van der Waals surface area (Å²) in [6.45, 7) is 0.653. The van der Waals surface area contributed by atoms with E-state index in [1.807, 2.05) is 0 Å². The van der Waals surface area contributed by atoms with Gasteiger partial charge in [0.2, 0.25) is 0 Å². The van der Waals surface area contributed by atoms with Gasteiger partial charge >= 0.3 is 0 Å². The van der Waals surface area contributed by atoms with E-state index in [4.69, 9.17) is 22.2 Å². The molecule has 0 unspecified atom stereocenters. The van der Waals surface area contributed by atoms with Crippen molar-refractivity contribution in [3.05, 3.63) is 34.9 Å². The molecule has 0 aliphatic heterocycles. The Morgan fingerprint density at radius 1 is 1.43 bits per heavy atom. The van der Waals surface area contributed by atoms with Crippen LogP contribution in [-0.2, 0) is 4.84 Å². The van der Waals surface area contributed by atoms with Crippen LogP contribution in [0.3, 0.4) is 0 Å². The summed E-state index contributed by atoms with van der Waals surface area (Å²) in [6, 6.07) is 6.51. The highest BCUT2D eigenvalue weighted by Crippen LogP contribution is 2.09. The molecule has 0 saturated carbocycles. The summed E-state index contributed by atoms with van der Waals surface area (Å²) in [6.07, 6.45) is 0. The van der Waals surface area contributed by atoms with Gasteiger partial charge in [0.15, 0.2) is 0 Å². The summed E-state index contributed by atoms with van der Waals surface area (Å²) in [5, 5.41) is 0.587. The number of hydrogen-bond acceptors (Lipinski definition) is 3. The number of benzene rings is 1. The minimum atomic E-state index is -0.310. The maximum atomic E-state index is 11.3. The zero-order valence-electron chi connectivity index (χ0n) is 7.50. The molecule has 0 aliphatic rings. The minimum absolute atomic E-state index is 0.291. The van der Waals surface area contributed by atoms with Crippen molar-refractivity contribution in [1.29, 1.82) is 0 Å². The van der Waals surface area contributed by atoms with E-state index in [-0.39, 0.29) is 5.91 Å². The summed E-state index contributed by atoms with van der Waals surface area (Å²) in [5.74, 6) is -0.310. The van der Waals surface area contributed by atoms with Crippen molar-refractivity contribution >= 4 is 17.5 Å². The van der Waals surface area contributed by atoms with Gasteiger partial charge in [-0.15, -0.1) is 0 Å². The molecule has 0 heterocycles. The number of hydrogen-bond donors (Lipinski definition) is 2. The van der Waals surface area contributed by atoms with Crippen molar-refractivity contribution in [2.24, 2.45) is 5.73 Å². The Kier molecular flexibility index (Phi) is 4.39. The van der Waals surface area contributed by atoms with Crippen molar-refractivity contribution in [3.8, 4) is 0 Å². The number of amides is 1. The number of nitrogens with two attached hydrogens (primary N) is 1. The predicted molar refractivity (Wildman–Crippen MR) is 53.9 cm³/mol. The first-order valence-electron chi connectivity index (χ1n) is 4.12. The molecule has 0 atom stereocenters. The van der Waals surface area contributed by atoms with Crippen molar-refractivity contribution in [3.63, 3.8) is 0 Å². The van der Waals surface area contributed by atoms with Crippen molar-refractivity contribution in [1.82, 2.24) is 5.48 Å². The van der Waals surface area contributed by atoms with E-state index in [1.165, 1.54) is 0 Å². The second-order valence-corrected chi connectivity index (χ2v) is 3.01. The Bertz CT molecular complexity index is 300. The summed E-state index contributed by atoms with van der Waals surface area (Å²) >= 11 is 5.66. The molecule has 0 aliphatic carbocycles. The SMILES string of the molecule is NCCONC(=O)c1ccc(Cl)cc1. The maximum Gasteiger partial charge on any atom is 0.274 e. The molecule has 14 heavy (non-hydrogen) atoms. The molecule has 0 bridgehead atoms. The lowest BCUT2D eigenvalue weighted by molar-refractivity contribution is 0.0343. The van der Waals surface area contributed by atoms with Gasteiger partial charge in [-0.2, -0.15) is 0 Å². The maximum absolute atomic E-state index is 11.3. The standard InChI is InChI=1S/C9H11ClN2O2/c10-8-3-1-7(2-4-8)9(13)12-14-6-5-11/h1-4H,5-6,11H2,(H,12,13). The molecule has 3 N–H and O–H groups in total. The van der Waals surface area contributed by atoms with Gasteiger partial charge in [-0.3, -0.25) is 9.63 Å². The Hall–Kier alpha value is -1.10. The number of carbonyl (C=O) groups is 1. The van der Waals surface area contributed by atoms with Gasteiger partial charge in [-0.25, -0.2) is 5.48 Å². The number of halogens is 1. The molecule has 0 aromatic heterocycles. The van der Waals surface area contributed by atoms with Crippen molar-refractivity contribution < 1.29 is 9.63 Å². The van der Waals surface area contributed by atoms with Crippen LogP contribution >= 0.6 is 11.6 Å². The van der Waals surface area contributed by atoms with Crippen LogP contribution in [-0.4, -0.2) is 19.1 Å². The average Bonchev–Trinajstić information content (AvgIpc) is 2.19. The predicted octanol–water partition coefficient (Wildman–Crippen LogP) is 0.960. The third-order valence-electron chi connectivity index (χ3n) is 1.49. The number of nitrogens with one attached hydrogen (secondary N) is 1. The highest BCUT2D eigenvalue weighted by Gasteiger charge is 2.03. The summed E-state index contributed by atoms with van der Waals surface area (Å²) in [4.78, 5) is 16.1. The number of carbonyl (C=O) groups excluding carboxylic acids is 1. The molecule has 0 spiro atoms. The monoisotopic (exact) mass is 214 g/mol. The first kappa shape index (κ1) is 11.0. The van der Waals surface area contributed by atoms with Gasteiger partial charge in [-0.1, -0.05) is 11.6 Å². The third kappa shape index (κ3) is 3.33. The number of rotatable bonds is 4. The van der Waals surface area contributed by atoms with E-state index in [2.05, 4.69) is 5.48 Å². The third-order valence-corrected chi connectivity index (χ3v) is 1.74. The first-order valence-corrected chi connectivity index (χ1v) is 4.49. The van der Waals surface area contributed by atoms with E-state index >= 15 is 0 Å². The van der Waals surface area contributed by atoms with Crippen LogP contribution in [0.25, 0.3) is 0 Å².